The maximum atomic E-state index is 5.98. The fourth-order valence-corrected chi connectivity index (χ4v) is 2.79. The predicted molar refractivity (Wildman–Crippen MR) is 77.8 cm³/mol. The lowest BCUT2D eigenvalue weighted by atomic mass is 9.84. The zero-order valence-electron chi connectivity index (χ0n) is 11.1. The van der Waals surface area contributed by atoms with Crippen molar-refractivity contribution in [3.63, 3.8) is 0 Å². The van der Waals surface area contributed by atoms with E-state index in [1.165, 1.54) is 31.4 Å². The lowest BCUT2D eigenvalue weighted by molar-refractivity contribution is 0.141. The Morgan fingerprint density at radius 2 is 2.00 bits per heavy atom. The molecular formula is C15H23ClN2. The summed E-state index contributed by atoms with van der Waals surface area (Å²) in [6.45, 7) is 5.13. The number of likely N-dealkylation sites (N-methyl/N-ethyl adjacent to an activating group) is 1. The van der Waals surface area contributed by atoms with Crippen LogP contribution in [0.5, 0.6) is 0 Å². The highest BCUT2D eigenvalue weighted by molar-refractivity contribution is 6.30. The number of halogens is 1. The molecule has 0 spiro atoms. The summed E-state index contributed by atoms with van der Waals surface area (Å²) < 4.78 is 0. The summed E-state index contributed by atoms with van der Waals surface area (Å²) in [5, 5.41) is 0.788. The molecule has 1 saturated carbocycles. The predicted octanol–water partition coefficient (Wildman–Crippen LogP) is 3.46. The van der Waals surface area contributed by atoms with Crippen LogP contribution in [0.25, 0.3) is 0 Å². The molecule has 0 amide bonds. The molecule has 1 atom stereocenters. The van der Waals surface area contributed by atoms with Crippen molar-refractivity contribution < 1.29 is 0 Å². The minimum Gasteiger partial charge on any atom is -0.329 e. The highest BCUT2D eigenvalue weighted by Gasteiger charge is 2.24. The van der Waals surface area contributed by atoms with Crippen LogP contribution in [0.15, 0.2) is 24.3 Å². The molecule has 2 rings (SSSR count). The molecule has 1 fully saturated rings. The average Bonchev–Trinajstić information content (AvgIpc) is 2.34. The van der Waals surface area contributed by atoms with Gasteiger partial charge in [-0.05, 0) is 43.0 Å². The Morgan fingerprint density at radius 1 is 1.33 bits per heavy atom. The van der Waals surface area contributed by atoms with Crippen LogP contribution in [0.3, 0.4) is 0 Å². The van der Waals surface area contributed by atoms with Crippen LogP contribution in [0.2, 0.25) is 5.02 Å². The van der Waals surface area contributed by atoms with Crippen LogP contribution in [0.1, 0.15) is 37.8 Å². The molecule has 0 bridgehead atoms. The molecule has 100 valence electrons. The largest absolute Gasteiger partial charge is 0.329 e. The van der Waals surface area contributed by atoms with E-state index >= 15 is 0 Å². The van der Waals surface area contributed by atoms with Crippen molar-refractivity contribution in [1.29, 1.82) is 0 Å². The lowest BCUT2D eigenvalue weighted by Gasteiger charge is -2.36. The van der Waals surface area contributed by atoms with Gasteiger partial charge in [-0.2, -0.15) is 0 Å². The Kier molecular flexibility index (Phi) is 5.04. The van der Waals surface area contributed by atoms with Gasteiger partial charge in [0.05, 0.1) is 0 Å². The third-order valence-electron chi connectivity index (χ3n) is 4.04. The van der Waals surface area contributed by atoms with Gasteiger partial charge in [0.25, 0.3) is 0 Å². The molecule has 1 aliphatic rings. The quantitative estimate of drug-likeness (QED) is 0.854. The molecule has 1 aromatic carbocycles. The van der Waals surface area contributed by atoms with E-state index in [1.54, 1.807) is 0 Å². The van der Waals surface area contributed by atoms with E-state index in [0.717, 1.165) is 17.5 Å². The zero-order valence-corrected chi connectivity index (χ0v) is 11.9. The monoisotopic (exact) mass is 266 g/mol. The number of nitrogens with zero attached hydrogens (tertiary/aromatic N) is 1. The molecule has 2 N–H and O–H groups in total. The molecule has 2 nitrogen and oxygen atoms in total. The zero-order chi connectivity index (χ0) is 13.0. The summed E-state index contributed by atoms with van der Waals surface area (Å²) in [5.74, 6) is 0.881. The number of rotatable bonds is 6. The van der Waals surface area contributed by atoms with Gasteiger partial charge in [0.2, 0.25) is 0 Å². The number of nitrogens with two attached hydrogens (primary N) is 1. The maximum Gasteiger partial charge on any atom is 0.0470 e. The van der Waals surface area contributed by atoms with Crippen LogP contribution >= 0.6 is 11.6 Å². The maximum absolute atomic E-state index is 5.98. The van der Waals surface area contributed by atoms with Crippen LogP contribution in [0.4, 0.5) is 0 Å². The van der Waals surface area contributed by atoms with E-state index in [2.05, 4.69) is 24.0 Å². The second kappa shape index (κ2) is 6.55. The molecule has 18 heavy (non-hydrogen) atoms. The van der Waals surface area contributed by atoms with Gasteiger partial charge in [-0.25, -0.2) is 0 Å². The Morgan fingerprint density at radius 3 is 2.44 bits per heavy atom. The van der Waals surface area contributed by atoms with Gasteiger partial charge < -0.3 is 5.73 Å². The molecule has 0 heterocycles. The Bertz CT molecular complexity index is 359. The number of hydrogen-bond donors (Lipinski definition) is 1. The van der Waals surface area contributed by atoms with Crippen LogP contribution in [-0.4, -0.2) is 24.5 Å². The minimum absolute atomic E-state index is 0.327. The van der Waals surface area contributed by atoms with E-state index in [4.69, 9.17) is 17.3 Å². The Balaban J connectivity index is 2.06. The minimum atomic E-state index is 0.327. The average molecular weight is 267 g/mol. The van der Waals surface area contributed by atoms with E-state index in [0.29, 0.717) is 12.6 Å². The van der Waals surface area contributed by atoms with Crippen molar-refractivity contribution in [1.82, 2.24) is 4.90 Å². The molecule has 0 saturated heterocycles. The summed E-state index contributed by atoms with van der Waals surface area (Å²) in [6, 6.07) is 8.44. The third-order valence-corrected chi connectivity index (χ3v) is 4.29. The van der Waals surface area contributed by atoms with Gasteiger partial charge in [0, 0.05) is 24.2 Å². The highest BCUT2D eigenvalue weighted by Crippen LogP contribution is 2.30. The van der Waals surface area contributed by atoms with Crippen molar-refractivity contribution in [3.8, 4) is 0 Å². The van der Waals surface area contributed by atoms with E-state index < -0.39 is 0 Å². The molecule has 1 aliphatic carbocycles. The molecule has 3 heteroatoms. The van der Waals surface area contributed by atoms with Crippen LogP contribution in [-0.2, 0) is 0 Å². The van der Waals surface area contributed by atoms with E-state index in [1.807, 2.05) is 12.1 Å². The standard InChI is InChI=1S/C15H23ClN2/c1-2-18(11-12-4-3-5-12)15(10-17)13-6-8-14(16)9-7-13/h6-9,12,15H,2-5,10-11,17H2,1H3. The summed E-state index contributed by atoms with van der Waals surface area (Å²) >= 11 is 5.94. The van der Waals surface area contributed by atoms with E-state index in [-0.39, 0.29) is 0 Å². The molecule has 0 radical (unpaired) electrons. The molecule has 0 aromatic heterocycles. The summed E-state index contributed by atoms with van der Waals surface area (Å²) in [5.41, 5.74) is 7.26. The van der Waals surface area contributed by atoms with Gasteiger partial charge in [-0.3, -0.25) is 4.90 Å². The van der Waals surface area contributed by atoms with Gasteiger partial charge in [-0.1, -0.05) is 37.1 Å². The molecular weight excluding hydrogens is 244 g/mol. The number of benzene rings is 1. The SMILES string of the molecule is CCN(CC1CCC1)C(CN)c1ccc(Cl)cc1. The van der Waals surface area contributed by atoms with Crippen molar-refractivity contribution in [3.05, 3.63) is 34.9 Å². The summed E-state index contributed by atoms with van der Waals surface area (Å²) in [7, 11) is 0. The highest BCUT2D eigenvalue weighted by atomic mass is 35.5. The van der Waals surface area contributed by atoms with Gasteiger partial charge in [-0.15, -0.1) is 0 Å². The van der Waals surface area contributed by atoms with Crippen LogP contribution < -0.4 is 5.73 Å². The Hall–Kier alpha value is -0.570. The summed E-state index contributed by atoms with van der Waals surface area (Å²) in [4.78, 5) is 2.51. The van der Waals surface area contributed by atoms with Crippen molar-refractivity contribution in [2.45, 2.75) is 32.2 Å². The molecule has 1 aromatic rings. The normalized spacial score (nSPS) is 17.8. The first kappa shape index (κ1) is 13.9. The van der Waals surface area contributed by atoms with Crippen molar-refractivity contribution in [2.24, 2.45) is 11.7 Å². The van der Waals surface area contributed by atoms with Crippen LogP contribution in [0, 0.1) is 5.92 Å². The first-order valence-corrected chi connectivity index (χ1v) is 7.32. The number of hydrogen-bond acceptors (Lipinski definition) is 2. The summed E-state index contributed by atoms with van der Waals surface area (Å²) in [6.07, 6.45) is 4.17. The van der Waals surface area contributed by atoms with Gasteiger partial charge in [0.1, 0.15) is 0 Å². The van der Waals surface area contributed by atoms with Crippen molar-refractivity contribution in [2.75, 3.05) is 19.6 Å². The fourth-order valence-electron chi connectivity index (χ4n) is 2.66. The first-order valence-electron chi connectivity index (χ1n) is 6.94. The fraction of sp³-hybridized carbons (Fsp3) is 0.600. The van der Waals surface area contributed by atoms with Crippen molar-refractivity contribution >= 4 is 11.6 Å². The first-order chi connectivity index (χ1) is 8.74. The smallest absolute Gasteiger partial charge is 0.0470 e. The second-order valence-electron chi connectivity index (χ2n) is 5.19. The third kappa shape index (κ3) is 3.25. The van der Waals surface area contributed by atoms with Gasteiger partial charge in [0.15, 0.2) is 0 Å². The van der Waals surface area contributed by atoms with Gasteiger partial charge >= 0.3 is 0 Å². The van der Waals surface area contributed by atoms with E-state index in [9.17, 15) is 0 Å². The molecule has 0 aliphatic heterocycles. The lowest BCUT2D eigenvalue weighted by Crippen LogP contribution is -2.38. The topological polar surface area (TPSA) is 29.3 Å². The molecule has 1 unspecified atom stereocenters. The Labute approximate surface area is 115 Å². The second-order valence-corrected chi connectivity index (χ2v) is 5.62.